The zero-order valence-corrected chi connectivity index (χ0v) is 19.0. The molecule has 2 unspecified atom stereocenters. The van der Waals surface area contributed by atoms with Crippen molar-refractivity contribution in [2.24, 2.45) is 5.73 Å². The number of rotatable bonds is 7. The van der Waals surface area contributed by atoms with Crippen LogP contribution in [0.1, 0.15) is 5.56 Å². The van der Waals surface area contributed by atoms with Crippen molar-refractivity contribution in [2.75, 3.05) is 13.2 Å². The second kappa shape index (κ2) is 13.5. The van der Waals surface area contributed by atoms with Gasteiger partial charge in [-0.2, -0.15) is 0 Å². The fourth-order valence-corrected chi connectivity index (χ4v) is 3.54. The molecule has 2 heterocycles. The first kappa shape index (κ1) is 30.2. The Morgan fingerprint density at radius 2 is 1.44 bits per heavy atom. The van der Waals surface area contributed by atoms with Gasteiger partial charge in [-0.15, -0.1) is 0 Å². The second-order valence-electron chi connectivity index (χ2n) is 8.34. The van der Waals surface area contributed by atoms with Gasteiger partial charge in [0.1, 0.15) is 60.6 Å². The van der Waals surface area contributed by atoms with E-state index in [4.69, 9.17) is 35.3 Å². The molecule has 0 aromatic heterocycles. The summed E-state index contributed by atoms with van der Waals surface area (Å²) in [6.07, 6.45) is -15.3. The molecule has 12 N–H and O–H groups in total. The molecule has 15 heteroatoms. The Balaban J connectivity index is 0.000000297. The fourth-order valence-electron chi connectivity index (χ4n) is 3.54. The first-order chi connectivity index (χ1) is 16.9. The van der Waals surface area contributed by atoms with Crippen molar-refractivity contribution >= 4 is 5.97 Å². The van der Waals surface area contributed by atoms with Gasteiger partial charge in [0.15, 0.2) is 12.6 Å². The Hall–Kier alpha value is -1.99. The fraction of sp³-hybridized carbons (Fsp3) is 0.667. The molecule has 1 aromatic carbocycles. The third kappa shape index (κ3) is 7.51. The van der Waals surface area contributed by atoms with Gasteiger partial charge in [0, 0.05) is 0 Å². The summed E-state index contributed by atoms with van der Waals surface area (Å²) < 4.78 is 15.3. The number of carbonyl (C=O) groups is 1. The van der Waals surface area contributed by atoms with E-state index in [0.29, 0.717) is 0 Å². The molecule has 0 saturated carbocycles. The van der Waals surface area contributed by atoms with Crippen LogP contribution in [0.25, 0.3) is 0 Å². The van der Waals surface area contributed by atoms with E-state index in [1.165, 1.54) is 12.1 Å². The minimum Gasteiger partial charge on any atom is -0.508 e. The first-order valence-electron chi connectivity index (χ1n) is 10.9. The third-order valence-electron chi connectivity index (χ3n) is 5.69. The summed E-state index contributed by atoms with van der Waals surface area (Å²) in [6.45, 7) is -1.35. The number of aliphatic hydroxyl groups is 8. The summed E-state index contributed by atoms with van der Waals surface area (Å²) in [6, 6.07) is 5.42. The molecule has 11 atom stereocenters. The van der Waals surface area contributed by atoms with E-state index in [9.17, 15) is 40.5 Å². The van der Waals surface area contributed by atoms with Crippen molar-refractivity contribution in [2.45, 2.75) is 73.9 Å². The summed E-state index contributed by atoms with van der Waals surface area (Å²) >= 11 is 0. The van der Waals surface area contributed by atoms with E-state index >= 15 is 0 Å². The molecule has 1 aromatic rings. The molecule has 2 saturated heterocycles. The maximum atomic E-state index is 10.4. The zero-order chi connectivity index (χ0) is 27.2. The number of aromatic hydroxyl groups is 1. The predicted octanol–water partition coefficient (Wildman–Crippen LogP) is -5.05. The van der Waals surface area contributed by atoms with E-state index in [1.54, 1.807) is 12.1 Å². The van der Waals surface area contributed by atoms with Gasteiger partial charge in [-0.25, -0.2) is 0 Å². The Bertz CT molecular complexity index is 808. The van der Waals surface area contributed by atoms with E-state index < -0.39 is 86.6 Å². The largest absolute Gasteiger partial charge is 0.508 e. The van der Waals surface area contributed by atoms with E-state index in [2.05, 4.69) is 0 Å². The van der Waals surface area contributed by atoms with Crippen molar-refractivity contribution in [3.05, 3.63) is 29.8 Å². The molecule has 0 amide bonds. The van der Waals surface area contributed by atoms with Crippen LogP contribution in [-0.2, 0) is 25.4 Å². The average Bonchev–Trinajstić information content (AvgIpc) is 2.85. The topological polar surface area (TPSA) is 273 Å². The highest BCUT2D eigenvalue weighted by atomic mass is 16.7. The Morgan fingerprint density at radius 1 is 0.861 bits per heavy atom. The number of hydrogen-bond acceptors (Lipinski definition) is 14. The maximum Gasteiger partial charge on any atom is 0.320 e. The van der Waals surface area contributed by atoms with Gasteiger partial charge in [0.2, 0.25) is 0 Å². The van der Waals surface area contributed by atoms with Crippen LogP contribution in [0.4, 0.5) is 0 Å². The summed E-state index contributed by atoms with van der Waals surface area (Å²) in [5.41, 5.74) is 6.12. The number of hydrogen-bond donors (Lipinski definition) is 11. The maximum absolute atomic E-state index is 10.4. The normalized spacial score (nSPS) is 37.5. The zero-order valence-electron chi connectivity index (χ0n) is 19.0. The van der Waals surface area contributed by atoms with Gasteiger partial charge in [0.05, 0.1) is 13.2 Å². The van der Waals surface area contributed by atoms with Gasteiger partial charge in [0.25, 0.3) is 0 Å². The summed E-state index contributed by atoms with van der Waals surface area (Å²) in [4.78, 5) is 10.4. The van der Waals surface area contributed by atoms with Gasteiger partial charge in [-0.05, 0) is 24.1 Å². The van der Waals surface area contributed by atoms with Gasteiger partial charge in [-0.1, -0.05) is 12.1 Å². The lowest BCUT2D eigenvalue weighted by molar-refractivity contribution is -0.355. The number of carboxylic acids is 1. The summed E-state index contributed by atoms with van der Waals surface area (Å²) in [7, 11) is 0. The number of ether oxygens (including phenoxy) is 3. The minimum atomic E-state index is -1.74. The second-order valence-corrected chi connectivity index (χ2v) is 8.34. The highest BCUT2D eigenvalue weighted by Crippen LogP contribution is 2.28. The number of phenols is 1. The molecule has 0 aliphatic carbocycles. The van der Waals surface area contributed by atoms with E-state index in [1.807, 2.05) is 0 Å². The van der Waals surface area contributed by atoms with Crippen molar-refractivity contribution < 1.29 is 70.1 Å². The monoisotopic (exact) mass is 523 g/mol. The minimum absolute atomic E-state index is 0.160. The SMILES string of the molecule is NC(Cc1ccc(O)cc1)C(=O)O.OC[C@H]1O[C@@H](O[C@H]2[C@H](O)[C@@H](O)C(O)O[C@@H]2CO)[C@H](O)[C@@H](O)[C@H]1O. The molecule has 2 aliphatic heterocycles. The molecule has 15 nitrogen and oxygen atoms in total. The number of benzene rings is 1. The van der Waals surface area contributed by atoms with Gasteiger partial charge < -0.3 is 71.0 Å². The first-order valence-corrected chi connectivity index (χ1v) is 10.9. The molecule has 3 rings (SSSR count). The van der Waals surface area contributed by atoms with Crippen LogP contribution in [0, 0.1) is 0 Å². The van der Waals surface area contributed by atoms with E-state index in [0.717, 1.165) is 5.56 Å². The van der Waals surface area contributed by atoms with Crippen LogP contribution in [0.5, 0.6) is 5.75 Å². The van der Waals surface area contributed by atoms with Crippen LogP contribution in [0.15, 0.2) is 24.3 Å². The van der Waals surface area contributed by atoms with Crippen molar-refractivity contribution in [1.29, 1.82) is 0 Å². The highest BCUT2D eigenvalue weighted by molar-refractivity contribution is 5.73. The van der Waals surface area contributed by atoms with Gasteiger partial charge >= 0.3 is 5.97 Å². The number of carboxylic acid groups (broad SMARTS) is 1. The standard InChI is InChI=1S/C12H22O11.C9H11NO3/c13-1-3-5(15)6(16)9(19)12(22-3)23-10-4(2-14)21-11(20)8(18)7(10)17;10-8(9(12)13)5-6-1-3-7(11)4-2-6/h3-20H,1-2H2;1-4,8,11H,5,10H2,(H,12,13)/t3-,4-,5+,6+,7-,8-,9-,10-,11?,12+;/m1./s1. The average molecular weight is 523 g/mol. The smallest absolute Gasteiger partial charge is 0.320 e. The molecule has 2 fully saturated rings. The van der Waals surface area contributed by atoms with Crippen molar-refractivity contribution in [3.63, 3.8) is 0 Å². The Kier molecular flexibility index (Phi) is 11.4. The number of nitrogens with two attached hydrogens (primary N) is 1. The molecule has 0 bridgehead atoms. The lowest BCUT2D eigenvalue weighted by atomic mass is 9.97. The molecule has 2 aliphatic rings. The Morgan fingerprint density at radius 3 is 1.97 bits per heavy atom. The number of phenolic OH excluding ortho intramolecular Hbond substituents is 1. The van der Waals surface area contributed by atoms with Crippen LogP contribution in [-0.4, -0.2) is 138 Å². The Labute approximate surface area is 205 Å². The number of aliphatic carboxylic acids is 1. The quantitative estimate of drug-likeness (QED) is 0.160. The molecular formula is C21H33NO14. The summed E-state index contributed by atoms with van der Waals surface area (Å²) in [5.74, 6) is -0.860. The third-order valence-corrected chi connectivity index (χ3v) is 5.69. The lowest BCUT2D eigenvalue weighted by Gasteiger charge is -2.45. The molecule has 36 heavy (non-hydrogen) atoms. The molecular weight excluding hydrogens is 490 g/mol. The summed E-state index contributed by atoms with van der Waals surface area (Å²) in [5, 5.41) is 94.0. The van der Waals surface area contributed by atoms with Crippen LogP contribution < -0.4 is 5.73 Å². The van der Waals surface area contributed by atoms with Crippen LogP contribution in [0.3, 0.4) is 0 Å². The molecule has 206 valence electrons. The number of aliphatic hydroxyl groups excluding tert-OH is 8. The van der Waals surface area contributed by atoms with Crippen molar-refractivity contribution in [1.82, 2.24) is 0 Å². The van der Waals surface area contributed by atoms with Crippen LogP contribution >= 0.6 is 0 Å². The predicted molar refractivity (Wildman–Crippen MR) is 116 cm³/mol. The van der Waals surface area contributed by atoms with E-state index in [-0.39, 0.29) is 12.2 Å². The molecule has 0 spiro atoms. The van der Waals surface area contributed by atoms with Crippen LogP contribution in [0.2, 0.25) is 0 Å². The molecule has 0 radical (unpaired) electrons. The highest BCUT2D eigenvalue weighted by Gasteiger charge is 2.50. The lowest BCUT2D eigenvalue weighted by Crippen LogP contribution is -2.64. The van der Waals surface area contributed by atoms with Gasteiger partial charge in [-0.3, -0.25) is 4.79 Å². The van der Waals surface area contributed by atoms with Crippen molar-refractivity contribution in [3.8, 4) is 5.75 Å².